The number of hydrogen-bond donors (Lipinski definition) is 2. The van der Waals surface area contributed by atoms with E-state index in [1.807, 2.05) is 0 Å². The number of benzene rings is 2. The summed E-state index contributed by atoms with van der Waals surface area (Å²) in [5.41, 5.74) is 2.16. The maximum Gasteiger partial charge on any atom is 0.313 e. The van der Waals surface area contributed by atoms with Crippen molar-refractivity contribution in [1.29, 1.82) is 0 Å². The van der Waals surface area contributed by atoms with Gasteiger partial charge in [0.1, 0.15) is 5.82 Å². The largest absolute Gasteiger partial charge is 0.344 e. The Hall–Kier alpha value is -2.94. The SMILES string of the molecule is Cc1ccc(N2CCCS2(=O)=O)cc1NC(=O)C(=O)NCc1ccc(F)cc1. The van der Waals surface area contributed by atoms with Gasteiger partial charge in [-0.1, -0.05) is 18.2 Å². The van der Waals surface area contributed by atoms with Gasteiger partial charge in [-0.05, 0) is 48.7 Å². The van der Waals surface area contributed by atoms with Gasteiger partial charge in [-0.3, -0.25) is 13.9 Å². The molecular weight excluding hydrogens is 385 g/mol. The summed E-state index contributed by atoms with van der Waals surface area (Å²) in [6.07, 6.45) is 0.545. The molecule has 0 atom stereocenters. The van der Waals surface area contributed by atoms with Gasteiger partial charge in [0.2, 0.25) is 10.0 Å². The molecule has 3 rings (SSSR count). The standard InChI is InChI=1S/C19H20FN3O4S/c1-13-3-8-16(23-9-2-10-28(23,26)27)11-17(13)22-19(25)18(24)21-12-14-4-6-15(20)7-5-14/h3-8,11H,2,9-10,12H2,1H3,(H,21,24)(H,22,25). The zero-order chi connectivity index (χ0) is 20.3. The van der Waals surface area contributed by atoms with Gasteiger partial charge in [0.05, 0.1) is 11.4 Å². The van der Waals surface area contributed by atoms with E-state index in [0.29, 0.717) is 35.5 Å². The molecule has 2 N–H and O–H groups in total. The Balaban J connectivity index is 1.66. The van der Waals surface area contributed by atoms with Gasteiger partial charge in [-0.25, -0.2) is 12.8 Å². The highest BCUT2D eigenvalue weighted by Crippen LogP contribution is 2.28. The van der Waals surface area contributed by atoms with Crippen LogP contribution >= 0.6 is 0 Å². The summed E-state index contributed by atoms with van der Waals surface area (Å²) in [6.45, 7) is 2.21. The lowest BCUT2D eigenvalue weighted by molar-refractivity contribution is -0.136. The van der Waals surface area contributed by atoms with Gasteiger partial charge in [0.15, 0.2) is 0 Å². The summed E-state index contributed by atoms with van der Waals surface area (Å²) in [5, 5.41) is 4.98. The molecule has 1 saturated heterocycles. The number of nitrogens with one attached hydrogen (secondary N) is 2. The first-order chi connectivity index (χ1) is 13.3. The quantitative estimate of drug-likeness (QED) is 0.760. The van der Waals surface area contributed by atoms with Crippen LogP contribution in [-0.2, 0) is 26.2 Å². The van der Waals surface area contributed by atoms with E-state index in [1.165, 1.54) is 28.6 Å². The maximum absolute atomic E-state index is 12.9. The van der Waals surface area contributed by atoms with Crippen LogP contribution in [0.2, 0.25) is 0 Å². The molecule has 0 unspecified atom stereocenters. The number of halogens is 1. The Kier molecular flexibility index (Phi) is 5.64. The first kappa shape index (κ1) is 19.8. The van der Waals surface area contributed by atoms with Crippen LogP contribution in [0.25, 0.3) is 0 Å². The predicted octanol–water partition coefficient (Wildman–Crippen LogP) is 1.93. The number of amides is 2. The second-order valence-electron chi connectivity index (χ2n) is 6.50. The molecule has 0 bridgehead atoms. The molecule has 0 saturated carbocycles. The molecule has 0 spiro atoms. The average Bonchev–Trinajstić information content (AvgIpc) is 3.02. The normalized spacial score (nSPS) is 15.3. The number of sulfonamides is 1. The fourth-order valence-corrected chi connectivity index (χ4v) is 4.43. The van der Waals surface area contributed by atoms with Crippen molar-refractivity contribution in [3.8, 4) is 0 Å². The van der Waals surface area contributed by atoms with E-state index in [1.54, 1.807) is 25.1 Å². The van der Waals surface area contributed by atoms with Crippen LogP contribution in [0.5, 0.6) is 0 Å². The fourth-order valence-electron chi connectivity index (χ4n) is 2.87. The van der Waals surface area contributed by atoms with E-state index in [4.69, 9.17) is 0 Å². The number of carbonyl (C=O) groups excluding carboxylic acids is 2. The fraction of sp³-hybridized carbons (Fsp3) is 0.263. The molecule has 2 aromatic rings. The number of hydrogen-bond acceptors (Lipinski definition) is 4. The van der Waals surface area contributed by atoms with E-state index >= 15 is 0 Å². The first-order valence-corrected chi connectivity index (χ1v) is 10.3. The Morgan fingerprint density at radius 2 is 1.82 bits per heavy atom. The summed E-state index contributed by atoms with van der Waals surface area (Å²) in [7, 11) is -3.34. The molecule has 0 aliphatic carbocycles. The van der Waals surface area contributed by atoms with Crippen LogP contribution in [0.3, 0.4) is 0 Å². The molecule has 1 aliphatic heterocycles. The minimum atomic E-state index is -3.34. The van der Waals surface area contributed by atoms with Crippen LogP contribution in [0, 0.1) is 12.7 Å². The van der Waals surface area contributed by atoms with E-state index < -0.39 is 21.8 Å². The zero-order valence-corrected chi connectivity index (χ0v) is 16.1. The van der Waals surface area contributed by atoms with Crippen molar-refractivity contribution in [3.63, 3.8) is 0 Å². The molecule has 1 aliphatic rings. The molecule has 2 aromatic carbocycles. The molecule has 28 heavy (non-hydrogen) atoms. The summed E-state index contributed by atoms with van der Waals surface area (Å²) in [6, 6.07) is 10.5. The lowest BCUT2D eigenvalue weighted by atomic mass is 10.1. The molecule has 1 heterocycles. The molecular formula is C19H20FN3O4S. The highest BCUT2D eigenvalue weighted by molar-refractivity contribution is 7.93. The van der Waals surface area contributed by atoms with Gasteiger partial charge >= 0.3 is 11.8 Å². The smallest absolute Gasteiger partial charge is 0.313 e. The van der Waals surface area contributed by atoms with Crippen LogP contribution in [0.1, 0.15) is 17.5 Å². The van der Waals surface area contributed by atoms with Crippen molar-refractivity contribution in [1.82, 2.24) is 5.32 Å². The monoisotopic (exact) mass is 405 g/mol. The van der Waals surface area contributed by atoms with Gasteiger partial charge in [0, 0.05) is 18.8 Å². The summed E-state index contributed by atoms with van der Waals surface area (Å²) >= 11 is 0. The molecule has 7 nitrogen and oxygen atoms in total. The number of anilines is 2. The topological polar surface area (TPSA) is 95.6 Å². The van der Waals surface area contributed by atoms with Crippen molar-refractivity contribution in [2.75, 3.05) is 21.9 Å². The van der Waals surface area contributed by atoms with Crippen LogP contribution < -0.4 is 14.9 Å². The van der Waals surface area contributed by atoms with Crippen molar-refractivity contribution >= 4 is 33.2 Å². The highest BCUT2D eigenvalue weighted by Gasteiger charge is 2.28. The predicted molar refractivity (Wildman–Crippen MR) is 104 cm³/mol. The number of rotatable bonds is 4. The molecule has 0 aromatic heterocycles. The first-order valence-electron chi connectivity index (χ1n) is 8.71. The third kappa shape index (κ3) is 4.48. The highest BCUT2D eigenvalue weighted by atomic mass is 32.2. The molecule has 0 radical (unpaired) electrons. The van der Waals surface area contributed by atoms with E-state index in [2.05, 4.69) is 10.6 Å². The summed E-state index contributed by atoms with van der Waals surface area (Å²) in [5.74, 6) is -2.01. The molecule has 1 fully saturated rings. The molecule has 2 amide bonds. The second-order valence-corrected chi connectivity index (χ2v) is 8.52. The Morgan fingerprint density at radius 3 is 2.46 bits per heavy atom. The van der Waals surface area contributed by atoms with Gasteiger partial charge < -0.3 is 10.6 Å². The Morgan fingerprint density at radius 1 is 1.11 bits per heavy atom. The number of aryl methyl sites for hydroxylation is 1. The van der Waals surface area contributed by atoms with E-state index in [0.717, 1.165) is 0 Å². The van der Waals surface area contributed by atoms with Crippen molar-refractivity contribution in [3.05, 3.63) is 59.4 Å². The van der Waals surface area contributed by atoms with E-state index in [-0.39, 0.29) is 18.1 Å². The maximum atomic E-state index is 12.9. The second kappa shape index (κ2) is 7.97. The molecule has 9 heteroatoms. The van der Waals surface area contributed by atoms with Crippen molar-refractivity contribution in [2.24, 2.45) is 0 Å². The van der Waals surface area contributed by atoms with Crippen LogP contribution in [0.4, 0.5) is 15.8 Å². The van der Waals surface area contributed by atoms with Crippen LogP contribution in [0.15, 0.2) is 42.5 Å². The van der Waals surface area contributed by atoms with Crippen molar-refractivity contribution in [2.45, 2.75) is 19.9 Å². The van der Waals surface area contributed by atoms with Crippen LogP contribution in [-0.4, -0.2) is 32.5 Å². The lowest BCUT2D eigenvalue weighted by Crippen LogP contribution is -2.35. The third-order valence-electron chi connectivity index (χ3n) is 4.43. The Bertz CT molecular complexity index is 1010. The Labute approximate surface area is 162 Å². The summed E-state index contributed by atoms with van der Waals surface area (Å²) < 4.78 is 38.4. The average molecular weight is 405 g/mol. The lowest BCUT2D eigenvalue weighted by Gasteiger charge is -2.19. The van der Waals surface area contributed by atoms with E-state index in [9.17, 15) is 22.4 Å². The van der Waals surface area contributed by atoms with Gasteiger partial charge in [-0.15, -0.1) is 0 Å². The minimum absolute atomic E-state index is 0.0809. The third-order valence-corrected chi connectivity index (χ3v) is 6.30. The zero-order valence-electron chi connectivity index (χ0n) is 15.2. The summed E-state index contributed by atoms with van der Waals surface area (Å²) in [4.78, 5) is 24.2. The minimum Gasteiger partial charge on any atom is -0.344 e. The van der Waals surface area contributed by atoms with Gasteiger partial charge in [-0.2, -0.15) is 0 Å². The number of carbonyl (C=O) groups is 2. The molecule has 148 valence electrons. The number of nitrogens with zero attached hydrogens (tertiary/aromatic N) is 1. The van der Waals surface area contributed by atoms with Gasteiger partial charge in [0.25, 0.3) is 0 Å². The van der Waals surface area contributed by atoms with Crippen molar-refractivity contribution < 1.29 is 22.4 Å².